The summed E-state index contributed by atoms with van der Waals surface area (Å²) in [6.45, 7) is 13.6. The van der Waals surface area contributed by atoms with Crippen LogP contribution in [0.3, 0.4) is 0 Å². The molecule has 3 aromatic rings. The van der Waals surface area contributed by atoms with E-state index in [1.807, 2.05) is 0 Å². The first-order chi connectivity index (χ1) is 19.7. The Morgan fingerprint density at radius 2 is 1.27 bits per heavy atom. The van der Waals surface area contributed by atoms with Gasteiger partial charge in [0.05, 0.1) is 0 Å². The van der Waals surface area contributed by atoms with Crippen LogP contribution in [0.15, 0.2) is 73.8 Å². The minimum Gasteiger partial charge on any atom is -0.353 e. The zero-order valence-electron chi connectivity index (χ0n) is 23.4. The third-order valence-electron chi connectivity index (χ3n) is 7.88. The predicted octanol–water partition coefficient (Wildman–Crippen LogP) is 4.46. The molecule has 0 atom stereocenters. The second-order valence-electron chi connectivity index (χ2n) is 10.5. The van der Waals surface area contributed by atoms with Crippen LogP contribution in [0.1, 0.15) is 41.0 Å². The molecule has 2 aromatic carbocycles. The van der Waals surface area contributed by atoms with Crippen molar-refractivity contribution in [3.05, 3.63) is 96.1 Å². The highest BCUT2D eigenvalue weighted by atomic mass is 15.3. The Morgan fingerprint density at radius 1 is 0.750 bits per heavy atom. The fraction of sp³-hybridized carbons (Fsp3) is 0.406. The number of likely N-dealkylation sites (tertiary alicyclic amines) is 1. The lowest BCUT2D eigenvalue weighted by Gasteiger charge is -2.33. The number of rotatable bonds is 13. The van der Waals surface area contributed by atoms with Gasteiger partial charge in [0.2, 0.25) is 17.8 Å². The third-order valence-corrected chi connectivity index (χ3v) is 7.88. The first-order valence-corrected chi connectivity index (χ1v) is 14.5. The molecule has 8 nitrogen and oxygen atoms in total. The minimum absolute atomic E-state index is 0.411. The summed E-state index contributed by atoms with van der Waals surface area (Å²) >= 11 is 0. The first-order valence-electron chi connectivity index (χ1n) is 14.5. The fourth-order valence-electron chi connectivity index (χ4n) is 5.77. The molecule has 8 heteroatoms. The molecule has 0 amide bonds. The van der Waals surface area contributed by atoms with E-state index in [0.717, 1.165) is 58.4 Å². The van der Waals surface area contributed by atoms with Crippen molar-refractivity contribution in [1.82, 2.24) is 25.2 Å². The van der Waals surface area contributed by atoms with Crippen LogP contribution in [-0.4, -0.2) is 71.7 Å². The van der Waals surface area contributed by atoms with E-state index in [1.54, 1.807) is 12.2 Å². The SMILES string of the molecule is C=CCNc1nc(NCC=C)nc(NCCN2CCC(NCC3c4ccccc4CCc4ccccc43)CC2)n1. The lowest BCUT2D eigenvalue weighted by Crippen LogP contribution is -2.44. The standard InChI is InChI=1S/C32H42N8/c1-3-17-33-30-37-31(34-18-4-2)39-32(38-30)35-19-22-40-20-15-26(16-21-40)36-23-29-27-11-7-5-9-24(27)13-14-25-10-6-8-12-28(25)29/h3-12,26,29,36H,1-2,13-23H2,(H3,33,34,35,37,38,39). The smallest absolute Gasteiger partial charge is 0.229 e. The predicted molar refractivity (Wildman–Crippen MR) is 165 cm³/mol. The van der Waals surface area contributed by atoms with Gasteiger partial charge in [0.1, 0.15) is 0 Å². The van der Waals surface area contributed by atoms with Gasteiger partial charge in [-0.05, 0) is 61.0 Å². The van der Waals surface area contributed by atoms with Gasteiger partial charge in [0, 0.05) is 44.7 Å². The van der Waals surface area contributed by atoms with Crippen molar-refractivity contribution in [3.63, 3.8) is 0 Å². The highest BCUT2D eigenvalue weighted by Crippen LogP contribution is 2.34. The van der Waals surface area contributed by atoms with Gasteiger partial charge in [-0.3, -0.25) is 0 Å². The maximum Gasteiger partial charge on any atom is 0.229 e. The molecular formula is C32H42N8. The largest absolute Gasteiger partial charge is 0.353 e. The van der Waals surface area contributed by atoms with Gasteiger partial charge in [-0.15, -0.1) is 13.2 Å². The number of hydrogen-bond donors (Lipinski definition) is 4. The summed E-state index contributed by atoms with van der Waals surface area (Å²) < 4.78 is 0. The summed E-state index contributed by atoms with van der Waals surface area (Å²) in [6, 6.07) is 18.6. The molecule has 0 bridgehead atoms. The van der Waals surface area contributed by atoms with E-state index in [0.29, 0.717) is 42.9 Å². The normalized spacial score (nSPS) is 15.9. The molecular weight excluding hydrogens is 496 g/mol. The molecule has 40 heavy (non-hydrogen) atoms. The molecule has 0 unspecified atom stereocenters. The number of aryl methyl sites for hydroxylation is 2. The van der Waals surface area contributed by atoms with Gasteiger partial charge in [0.15, 0.2) is 0 Å². The Labute approximate surface area is 238 Å². The molecule has 5 rings (SSSR count). The van der Waals surface area contributed by atoms with Gasteiger partial charge in [-0.25, -0.2) is 0 Å². The Bertz CT molecular complexity index is 1190. The van der Waals surface area contributed by atoms with E-state index in [4.69, 9.17) is 0 Å². The summed E-state index contributed by atoms with van der Waals surface area (Å²) in [7, 11) is 0. The fourth-order valence-corrected chi connectivity index (χ4v) is 5.77. The van der Waals surface area contributed by atoms with Crippen LogP contribution >= 0.6 is 0 Å². The zero-order chi connectivity index (χ0) is 27.6. The number of benzene rings is 2. The molecule has 4 N–H and O–H groups in total. The minimum atomic E-state index is 0.411. The van der Waals surface area contributed by atoms with Crippen molar-refractivity contribution in [1.29, 1.82) is 0 Å². The highest BCUT2D eigenvalue weighted by molar-refractivity contribution is 5.45. The van der Waals surface area contributed by atoms with Crippen molar-refractivity contribution in [2.75, 3.05) is 61.8 Å². The summed E-state index contributed by atoms with van der Waals surface area (Å²) in [5.41, 5.74) is 5.98. The number of nitrogens with zero attached hydrogens (tertiary/aromatic N) is 4. The average Bonchev–Trinajstić information content (AvgIpc) is 3.15. The number of hydrogen-bond acceptors (Lipinski definition) is 8. The van der Waals surface area contributed by atoms with Crippen molar-refractivity contribution < 1.29 is 0 Å². The second kappa shape index (κ2) is 14.1. The van der Waals surface area contributed by atoms with Gasteiger partial charge in [-0.2, -0.15) is 15.0 Å². The molecule has 210 valence electrons. The van der Waals surface area contributed by atoms with E-state index in [9.17, 15) is 0 Å². The summed E-state index contributed by atoms with van der Waals surface area (Å²) in [6.07, 6.45) is 8.13. The first kappa shape index (κ1) is 27.8. The molecule has 0 saturated carbocycles. The zero-order valence-corrected chi connectivity index (χ0v) is 23.4. The Hall–Kier alpha value is -3.75. The van der Waals surface area contributed by atoms with Crippen LogP contribution in [0.2, 0.25) is 0 Å². The van der Waals surface area contributed by atoms with Crippen molar-refractivity contribution >= 4 is 17.8 Å². The van der Waals surface area contributed by atoms with Crippen LogP contribution in [0.4, 0.5) is 17.8 Å². The molecule has 0 radical (unpaired) electrons. The van der Waals surface area contributed by atoms with Gasteiger partial charge in [-0.1, -0.05) is 60.7 Å². The Morgan fingerprint density at radius 3 is 1.82 bits per heavy atom. The topological polar surface area (TPSA) is 90.0 Å². The van der Waals surface area contributed by atoms with Crippen molar-refractivity contribution in [3.8, 4) is 0 Å². The molecule has 1 aliphatic carbocycles. The monoisotopic (exact) mass is 538 g/mol. The maximum atomic E-state index is 4.49. The molecule has 0 spiro atoms. The number of piperidine rings is 1. The lowest BCUT2D eigenvalue weighted by molar-refractivity contribution is 0.203. The molecule has 1 aromatic heterocycles. The van der Waals surface area contributed by atoms with Crippen LogP contribution < -0.4 is 21.3 Å². The second-order valence-corrected chi connectivity index (χ2v) is 10.5. The summed E-state index contributed by atoms with van der Waals surface area (Å²) in [5.74, 6) is 2.02. The van der Waals surface area contributed by atoms with Crippen LogP contribution in [0, 0.1) is 0 Å². The van der Waals surface area contributed by atoms with Gasteiger partial charge in [0.25, 0.3) is 0 Å². The van der Waals surface area contributed by atoms with E-state index in [1.165, 1.54) is 22.3 Å². The Kier molecular flexibility index (Phi) is 9.77. The van der Waals surface area contributed by atoms with Crippen LogP contribution in [-0.2, 0) is 12.8 Å². The molecule has 2 aliphatic rings. The molecule has 1 aliphatic heterocycles. The van der Waals surface area contributed by atoms with E-state index in [2.05, 4.69) is 103 Å². The number of fused-ring (bicyclic) bond motifs is 2. The van der Waals surface area contributed by atoms with Crippen molar-refractivity contribution in [2.24, 2.45) is 0 Å². The van der Waals surface area contributed by atoms with E-state index >= 15 is 0 Å². The Balaban J connectivity index is 1.11. The molecule has 2 heterocycles. The van der Waals surface area contributed by atoms with Gasteiger partial charge >= 0.3 is 0 Å². The van der Waals surface area contributed by atoms with E-state index in [-0.39, 0.29) is 0 Å². The van der Waals surface area contributed by atoms with Crippen molar-refractivity contribution in [2.45, 2.75) is 37.6 Å². The van der Waals surface area contributed by atoms with Crippen LogP contribution in [0.25, 0.3) is 0 Å². The van der Waals surface area contributed by atoms with Gasteiger partial charge < -0.3 is 26.2 Å². The summed E-state index contributed by atoms with van der Waals surface area (Å²) in [5, 5.41) is 13.6. The average molecular weight is 539 g/mol. The quantitative estimate of drug-likeness (QED) is 0.237. The number of anilines is 3. The lowest BCUT2D eigenvalue weighted by atomic mass is 9.87. The number of nitrogens with one attached hydrogen (secondary N) is 4. The van der Waals surface area contributed by atoms with Crippen LogP contribution in [0.5, 0.6) is 0 Å². The van der Waals surface area contributed by atoms with E-state index < -0.39 is 0 Å². The molecule has 1 fully saturated rings. The maximum absolute atomic E-state index is 4.49. The third kappa shape index (κ3) is 7.25. The summed E-state index contributed by atoms with van der Waals surface area (Å²) in [4.78, 5) is 15.9. The highest BCUT2D eigenvalue weighted by Gasteiger charge is 2.25. The molecule has 1 saturated heterocycles. The number of aromatic nitrogens is 3.